The van der Waals surface area contributed by atoms with Crippen molar-refractivity contribution in [2.45, 2.75) is 32.4 Å². The average molecular weight is 213 g/mol. The number of likely N-dealkylation sites (N-methyl/N-ethyl adjacent to an activating group) is 1. The van der Waals surface area contributed by atoms with Crippen LogP contribution in [0.5, 0.6) is 0 Å². The minimum atomic E-state index is -0.245. The molecule has 80 valence electrons. The molecule has 1 aromatic heterocycles. The fourth-order valence-corrected chi connectivity index (χ4v) is 2.30. The van der Waals surface area contributed by atoms with Gasteiger partial charge in [-0.3, -0.25) is 0 Å². The number of rotatable bonds is 5. The maximum Gasteiger partial charge on any atom is 0.0639 e. The molecular weight excluding hydrogens is 194 g/mol. The van der Waals surface area contributed by atoms with Crippen LogP contribution in [-0.2, 0) is 6.42 Å². The van der Waals surface area contributed by atoms with Gasteiger partial charge in [-0.1, -0.05) is 6.07 Å². The second-order valence-corrected chi connectivity index (χ2v) is 4.95. The third kappa shape index (κ3) is 3.78. The van der Waals surface area contributed by atoms with Gasteiger partial charge in [-0.2, -0.15) is 0 Å². The Kier molecular flexibility index (Phi) is 4.58. The summed E-state index contributed by atoms with van der Waals surface area (Å²) in [4.78, 5) is 3.61. The topological polar surface area (TPSA) is 23.5 Å². The molecule has 0 saturated heterocycles. The van der Waals surface area contributed by atoms with Gasteiger partial charge in [-0.05, 0) is 38.8 Å². The second-order valence-electron chi connectivity index (χ2n) is 3.92. The maximum absolute atomic E-state index is 9.26. The SMILES string of the molecule is CC(Cc1cccs1)N(C)C[C@@H](C)O. The summed E-state index contributed by atoms with van der Waals surface area (Å²) in [5.74, 6) is 0. The van der Waals surface area contributed by atoms with E-state index in [1.807, 2.05) is 6.92 Å². The minimum absolute atomic E-state index is 0.245. The summed E-state index contributed by atoms with van der Waals surface area (Å²) >= 11 is 1.80. The highest BCUT2D eigenvalue weighted by atomic mass is 32.1. The summed E-state index contributed by atoms with van der Waals surface area (Å²) in [6.45, 7) is 4.77. The second kappa shape index (κ2) is 5.49. The smallest absolute Gasteiger partial charge is 0.0639 e. The lowest BCUT2D eigenvalue weighted by Crippen LogP contribution is -2.35. The van der Waals surface area contributed by atoms with Gasteiger partial charge in [0, 0.05) is 17.5 Å². The highest BCUT2D eigenvalue weighted by molar-refractivity contribution is 7.09. The van der Waals surface area contributed by atoms with E-state index in [1.165, 1.54) is 4.88 Å². The van der Waals surface area contributed by atoms with Gasteiger partial charge in [-0.25, -0.2) is 0 Å². The van der Waals surface area contributed by atoms with E-state index in [4.69, 9.17) is 0 Å². The van der Waals surface area contributed by atoms with Gasteiger partial charge in [0.2, 0.25) is 0 Å². The molecule has 1 rings (SSSR count). The van der Waals surface area contributed by atoms with Crippen molar-refractivity contribution in [3.63, 3.8) is 0 Å². The van der Waals surface area contributed by atoms with Crippen molar-refractivity contribution >= 4 is 11.3 Å². The van der Waals surface area contributed by atoms with Gasteiger partial charge in [0.15, 0.2) is 0 Å². The Labute approximate surface area is 90.2 Å². The molecule has 0 aliphatic carbocycles. The lowest BCUT2D eigenvalue weighted by molar-refractivity contribution is 0.121. The van der Waals surface area contributed by atoms with Crippen LogP contribution in [0, 0.1) is 0 Å². The maximum atomic E-state index is 9.26. The van der Waals surface area contributed by atoms with Crippen molar-refractivity contribution in [3.05, 3.63) is 22.4 Å². The van der Waals surface area contributed by atoms with E-state index in [1.54, 1.807) is 11.3 Å². The number of aliphatic hydroxyl groups is 1. The zero-order valence-electron chi connectivity index (χ0n) is 9.10. The minimum Gasteiger partial charge on any atom is -0.392 e. The Morgan fingerprint density at radius 3 is 2.71 bits per heavy atom. The van der Waals surface area contributed by atoms with Crippen LogP contribution in [0.3, 0.4) is 0 Å². The summed E-state index contributed by atoms with van der Waals surface area (Å²) in [5.41, 5.74) is 0. The number of hydrogen-bond donors (Lipinski definition) is 1. The van der Waals surface area contributed by atoms with Crippen LogP contribution in [0.2, 0.25) is 0 Å². The Morgan fingerprint density at radius 1 is 1.50 bits per heavy atom. The Hall–Kier alpha value is -0.380. The molecule has 0 saturated carbocycles. The van der Waals surface area contributed by atoms with E-state index in [-0.39, 0.29) is 6.10 Å². The van der Waals surface area contributed by atoms with Crippen LogP contribution in [-0.4, -0.2) is 35.7 Å². The fraction of sp³-hybridized carbons (Fsp3) is 0.636. The Bertz CT molecular complexity index is 246. The predicted octanol–water partition coefficient (Wildman–Crippen LogP) is 1.99. The molecule has 0 aliphatic rings. The molecule has 1 aromatic rings. The van der Waals surface area contributed by atoms with Crippen molar-refractivity contribution < 1.29 is 5.11 Å². The first kappa shape index (κ1) is 11.7. The molecule has 1 N–H and O–H groups in total. The summed E-state index contributed by atoms with van der Waals surface area (Å²) in [6.07, 6.45) is 0.826. The van der Waals surface area contributed by atoms with Gasteiger partial charge in [0.25, 0.3) is 0 Å². The van der Waals surface area contributed by atoms with Gasteiger partial charge >= 0.3 is 0 Å². The molecule has 2 atom stereocenters. The first-order valence-corrected chi connectivity index (χ1v) is 5.88. The molecular formula is C11H19NOS. The summed E-state index contributed by atoms with van der Waals surface area (Å²) in [6, 6.07) is 4.74. The first-order chi connectivity index (χ1) is 6.59. The quantitative estimate of drug-likeness (QED) is 0.808. The van der Waals surface area contributed by atoms with Crippen molar-refractivity contribution in [2.75, 3.05) is 13.6 Å². The monoisotopic (exact) mass is 213 g/mol. The van der Waals surface area contributed by atoms with Crippen LogP contribution in [0.25, 0.3) is 0 Å². The first-order valence-electron chi connectivity index (χ1n) is 5.00. The molecule has 0 radical (unpaired) electrons. The Morgan fingerprint density at radius 2 is 2.21 bits per heavy atom. The molecule has 3 heteroatoms. The highest BCUT2D eigenvalue weighted by Gasteiger charge is 2.11. The Balaban J connectivity index is 2.37. The average Bonchev–Trinajstić information content (AvgIpc) is 2.55. The van der Waals surface area contributed by atoms with Crippen molar-refractivity contribution in [2.24, 2.45) is 0 Å². The van der Waals surface area contributed by atoms with E-state index >= 15 is 0 Å². The zero-order chi connectivity index (χ0) is 10.6. The number of nitrogens with zero attached hydrogens (tertiary/aromatic N) is 1. The van der Waals surface area contributed by atoms with Crippen LogP contribution < -0.4 is 0 Å². The summed E-state index contributed by atoms with van der Waals surface area (Å²) in [5, 5.41) is 11.4. The van der Waals surface area contributed by atoms with Crippen LogP contribution >= 0.6 is 11.3 Å². The number of hydrogen-bond acceptors (Lipinski definition) is 3. The molecule has 0 aliphatic heterocycles. The fourth-order valence-electron chi connectivity index (χ4n) is 1.47. The summed E-state index contributed by atoms with van der Waals surface area (Å²) < 4.78 is 0. The van der Waals surface area contributed by atoms with Gasteiger partial charge in [0.1, 0.15) is 0 Å². The lowest BCUT2D eigenvalue weighted by Gasteiger charge is -2.25. The van der Waals surface area contributed by atoms with Gasteiger partial charge < -0.3 is 10.0 Å². The van der Waals surface area contributed by atoms with Crippen LogP contribution in [0.4, 0.5) is 0 Å². The zero-order valence-corrected chi connectivity index (χ0v) is 9.92. The van der Waals surface area contributed by atoms with E-state index < -0.39 is 0 Å². The molecule has 0 bridgehead atoms. The molecule has 1 unspecified atom stereocenters. The highest BCUT2D eigenvalue weighted by Crippen LogP contribution is 2.13. The van der Waals surface area contributed by atoms with E-state index in [2.05, 4.69) is 36.4 Å². The molecule has 0 aromatic carbocycles. The van der Waals surface area contributed by atoms with Crippen molar-refractivity contribution in [1.29, 1.82) is 0 Å². The third-order valence-corrected chi connectivity index (χ3v) is 3.28. The lowest BCUT2D eigenvalue weighted by atomic mass is 10.2. The third-order valence-electron chi connectivity index (χ3n) is 2.38. The van der Waals surface area contributed by atoms with Crippen molar-refractivity contribution in [1.82, 2.24) is 4.90 Å². The van der Waals surface area contributed by atoms with Gasteiger partial charge in [-0.15, -0.1) is 11.3 Å². The predicted molar refractivity (Wildman–Crippen MR) is 61.8 cm³/mol. The molecule has 2 nitrogen and oxygen atoms in total. The van der Waals surface area contributed by atoms with E-state index in [0.29, 0.717) is 6.04 Å². The number of aliphatic hydroxyl groups excluding tert-OH is 1. The normalized spacial score (nSPS) is 15.8. The largest absolute Gasteiger partial charge is 0.392 e. The van der Waals surface area contributed by atoms with Crippen LogP contribution in [0.15, 0.2) is 17.5 Å². The molecule has 0 spiro atoms. The molecule has 0 amide bonds. The van der Waals surface area contributed by atoms with E-state index in [0.717, 1.165) is 13.0 Å². The summed E-state index contributed by atoms with van der Waals surface area (Å²) in [7, 11) is 2.06. The molecule has 1 heterocycles. The standard InChI is InChI=1S/C11H19NOS/c1-9(12(3)8-10(2)13)7-11-5-4-6-14-11/h4-6,9-10,13H,7-8H2,1-3H3/t9?,10-/m1/s1. The molecule has 14 heavy (non-hydrogen) atoms. The van der Waals surface area contributed by atoms with E-state index in [9.17, 15) is 5.11 Å². The van der Waals surface area contributed by atoms with Crippen molar-refractivity contribution in [3.8, 4) is 0 Å². The van der Waals surface area contributed by atoms with Gasteiger partial charge in [0.05, 0.1) is 6.10 Å². The molecule has 0 fully saturated rings. The van der Waals surface area contributed by atoms with Crippen LogP contribution in [0.1, 0.15) is 18.7 Å². The number of thiophene rings is 1.